The lowest BCUT2D eigenvalue weighted by molar-refractivity contribution is -0.120. The lowest BCUT2D eigenvalue weighted by Gasteiger charge is -2.21. The van der Waals surface area contributed by atoms with Gasteiger partial charge in [0.25, 0.3) is 0 Å². The van der Waals surface area contributed by atoms with Gasteiger partial charge in [0, 0.05) is 12.1 Å². The fraction of sp³-hybridized carbons (Fsp3) is 0.579. The van der Waals surface area contributed by atoms with Crippen LogP contribution in [0.25, 0.3) is 0 Å². The number of aryl methyl sites for hydroxylation is 3. The molecule has 1 aliphatic carbocycles. The van der Waals surface area contributed by atoms with Gasteiger partial charge in [0.1, 0.15) is 0 Å². The number of thiocarbonyl (C=S) groups is 1. The predicted molar refractivity (Wildman–Crippen MR) is 101 cm³/mol. The second-order valence-corrected chi connectivity index (χ2v) is 7.23. The molecule has 2 N–H and O–H groups in total. The summed E-state index contributed by atoms with van der Waals surface area (Å²) < 4.78 is 0. The van der Waals surface area contributed by atoms with Gasteiger partial charge in [0.2, 0.25) is 5.91 Å². The number of nitrogens with one attached hydrogen (secondary N) is 2. The second-order valence-electron chi connectivity index (χ2n) is 6.82. The molecular weight excluding hydrogens is 304 g/mol. The highest BCUT2D eigenvalue weighted by molar-refractivity contribution is 7.80. The van der Waals surface area contributed by atoms with Crippen LogP contribution in [-0.2, 0) is 4.79 Å². The summed E-state index contributed by atoms with van der Waals surface area (Å²) >= 11 is 5.29. The van der Waals surface area contributed by atoms with Crippen LogP contribution < -0.4 is 10.6 Å². The van der Waals surface area contributed by atoms with E-state index in [1.165, 1.54) is 37.7 Å². The van der Waals surface area contributed by atoms with E-state index in [4.69, 9.17) is 12.2 Å². The third kappa shape index (κ3) is 5.61. The predicted octanol–water partition coefficient (Wildman–Crippen LogP) is 4.79. The van der Waals surface area contributed by atoms with E-state index in [-0.39, 0.29) is 5.91 Å². The molecule has 1 fully saturated rings. The number of amides is 1. The molecule has 0 spiro atoms. The Morgan fingerprint density at radius 1 is 1.13 bits per heavy atom. The Bertz CT molecular complexity index is 554. The smallest absolute Gasteiger partial charge is 0.226 e. The van der Waals surface area contributed by atoms with Crippen molar-refractivity contribution in [1.82, 2.24) is 5.32 Å². The molecule has 0 saturated heterocycles. The van der Waals surface area contributed by atoms with Crippen LogP contribution in [0.15, 0.2) is 12.1 Å². The van der Waals surface area contributed by atoms with E-state index in [2.05, 4.69) is 43.5 Å². The summed E-state index contributed by atoms with van der Waals surface area (Å²) in [7, 11) is 0. The molecule has 3 nitrogen and oxygen atoms in total. The Morgan fingerprint density at radius 2 is 1.74 bits per heavy atom. The van der Waals surface area contributed by atoms with Crippen molar-refractivity contribution in [2.45, 2.75) is 65.7 Å². The maximum Gasteiger partial charge on any atom is 0.226 e. The van der Waals surface area contributed by atoms with Crippen LogP contribution in [0.1, 0.15) is 61.6 Å². The van der Waals surface area contributed by atoms with Gasteiger partial charge in [-0.1, -0.05) is 49.8 Å². The minimum Gasteiger partial charge on any atom is -0.332 e. The summed E-state index contributed by atoms with van der Waals surface area (Å²) in [6.45, 7) is 6.18. The van der Waals surface area contributed by atoms with Gasteiger partial charge in [-0.05, 0) is 56.5 Å². The molecule has 126 valence electrons. The molecule has 23 heavy (non-hydrogen) atoms. The van der Waals surface area contributed by atoms with Crippen molar-refractivity contribution in [2.75, 3.05) is 5.32 Å². The highest BCUT2D eigenvalue weighted by Gasteiger charge is 2.15. The van der Waals surface area contributed by atoms with Crippen molar-refractivity contribution in [2.24, 2.45) is 5.92 Å². The van der Waals surface area contributed by atoms with Gasteiger partial charge in [-0.2, -0.15) is 0 Å². The van der Waals surface area contributed by atoms with E-state index in [0.29, 0.717) is 11.5 Å². The first kappa shape index (κ1) is 17.9. The Morgan fingerprint density at radius 3 is 2.35 bits per heavy atom. The Hall–Kier alpha value is -1.42. The standard InChI is InChI=1S/C19H28N2OS/c1-13-11-14(2)18(15(3)12-13)21-19(23)20-17(22)10-9-16-7-5-4-6-8-16/h11-12,16H,4-10H2,1-3H3,(H2,20,21,22,23). The van der Waals surface area contributed by atoms with E-state index in [1.807, 2.05) is 0 Å². The largest absolute Gasteiger partial charge is 0.332 e. The zero-order valence-corrected chi connectivity index (χ0v) is 15.3. The van der Waals surface area contributed by atoms with Crippen LogP contribution in [-0.4, -0.2) is 11.0 Å². The molecule has 1 aromatic rings. The summed E-state index contributed by atoms with van der Waals surface area (Å²) in [6.07, 6.45) is 8.09. The molecule has 0 atom stereocenters. The van der Waals surface area contributed by atoms with Gasteiger partial charge in [0.15, 0.2) is 5.11 Å². The van der Waals surface area contributed by atoms with Crippen molar-refractivity contribution < 1.29 is 4.79 Å². The van der Waals surface area contributed by atoms with Crippen molar-refractivity contribution in [3.63, 3.8) is 0 Å². The monoisotopic (exact) mass is 332 g/mol. The summed E-state index contributed by atoms with van der Waals surface area (Å²) in [4.78, 5) is 12.1. The number of benzene rings is 1. The molecule has 1 aliphatic rings. The Kier molecular flexibility index (Phi) is 6.58. The van der Waals surface area contributed by atoms with Crippen LogP contribution >= 0.6 is 12.2 Å². The molecule has 4 heteroatoms. The highest BCUT2D eigenvalue weighted by atomic mass is 32.1. The summed E-state index contributed by atoms with van der Waals surface area (Å²) in [6, 6.07) is 4.23. The molecule has 0 heterocycles. The van der Waals surface area contributed by atoms with Crippen molar-refractivity contribution >= 4 is 28.9 Å². The second kappa shape index (κ2) is 8.44. The van der Waals surface area contributed by atoms with Gasteiger partial charge in [-0.3, -0.25) is 4.79 Å². The summed E-state index contributed by atoms with van der Waals surface area (Å²) in [5.74, 6) is 0.744. The first-order valence-electron chi connectivity index (χ1n) is 8.64. The van der Waals surface area contributed by atoms with Gasteiger partial charge in [-0.25, -0.2) is 0 Å². The maximum atomic E-state index is 12.1. The number of hydrogen-bond acceptors (Lipinski definition) is 2. The van der Waals surface area contributed by atoms with Crippen molar-refractivity contribution in [3.05, 3.63) is 28.8 Å². The fourth-order valence-electron chi connectivity index (χ4n) is 3.52. The average Bonchev–Trinajstić information content (AvgIpc) is 2.50. The zero-order valence-electron chi connectivity index (χ0n) is 14.5. The highest BCUT2D eigenvalue weighted by Crippen LogP contribution is 2.27. The van der Waals surface area contributed by atoms with Gasteiger partial charge < -0.3 is 10.6 Å². The van der Waals surface area contributed by atoms with E-state index in [1.54, 1.807) is 0 Å². The topological polar surface area (TPSA) is 41.1 Å². The van der Waals surface area contributed by atoms with Crippen LogP contribution in [0, 0.1) is 26.7 Å². The molecule has 0 radical (unpaired) electrons. The molecule has 0 aliphatic heterocycles. The summed E-state index contributed by atoms with van der Waals surface area (Å²) in [5.41, 5.74) is 4.50. The van der Waals surface area contributed by atoms with E-state index >= 15 is 0 Å². The van der Waals surface area contributed by atoms with E-state index in [9.17, 15) is 4.79 Å². The third-order valence-electron chi connectivity index (χ3n) is 4.67. The quantitative estimate of drug-likeness (QED) is 0.779. The van der Waals surface area contributed by atoms with Gasteiger partial charge in [0.05, 0.1) is 0 Å². The molecule has 0 bridgehead atoms. The summed E-state index contributed by atoms with van der Waals surface area (Å²) in [5, 5.41) is 6.39. The van der Waals surface area contributed by atoms with Gasteiger partial charge >= 0.3 is 0 Å². The molecule has 2 rings (SSSR count). The first-order chi connectivity index (χ1) is 11.0. The third-order valence-corrected chi connectivity index (χ3v) is 4.88. The minimum absolute atomic E-state index is 0.0236. The molecule has 0 unspecified atom stereocenters. The van der Waals surface area contributed by atoms with Crippen LogP contribution in [0.4, 0.5) is 5.69 Å². The lowest BCUT2D eigenvalue weighted by Crippen LogP contribution is -2.34. The number of anilines is 1. The van der Waals surface area contributed by atoms with Crippen LogP contribution in [0.3, 0.4) is 0 Å². The minimum atomic E-state index is 0.0236. The maximum absolute atomic E-state index is 12.1. The molecule has 1 amide bonds. The molecule has 1 aromatic carbocycles. The van der Waals surface area contributed by atoms with Crippen LogP contribution in [0.5, 0.6) is 0 Å². The Labute approximate surface area is 145 Å². The van der Waals surface area contributed by atoms with E-state index in [0.717, 1.165) is 29.2 Å². The number of rotatable bonds is 4. The average molecular weight is 333 g/mol. The number of hydrogen-bond donors (Lipinski definition) is 2. The first-order valence-corrected chi connectivity index (χ1v) is 9.05. The lowest BCUT2D eigenvalue weighted by atomic mass is 9.86. The molecule has 1 saturated carbocycles. The van der Waals surface area contributed by atoms with Crippen LogP contribution in [0.2, 0.25) is 0 Å². The van der Waals surface area contributed by atoms with E-state index < -0.39 is 0 Å². The number of carbonyl (C=O) groups excluding carboxylic acids is 1. The zero-order chi connectivity index (χ0) is 16.8. The fourth-order valence-corrected chi connectivity index (χ4v) is 3.74. The molecular formula is C19H28N2OS. The SMILES string of the molecule is Cc1cc(C)c(NC(=S)NC(=O)CCC2CCCCC2)c(C)c1. The Balaban J connectivity index is 1.81. The number of carbonyl (C=O) groups is 1. The molecule has 0 aromatic heterocycles. The van der Waals surface area contributed by atoms with Gasteiger partial charge in [-0.15, -0.1) is 0 Å². The van der Waals surface area contributed by atoms with Crippen molar-refractivity contribution in [3.8, 4) is 0 Å². The normalized spacial score (nSPS) is 15.3. The van der Waals surface area contributed by atoms with Crippen molar-refractivity contribution in [1.29, 1.82) is 0 Å².